The number of anilines is 2. The first-order valence-corrected chi connectivity index (χ1v) is 9.66. The van der Waals surface area contributed by atoms with E-state index < -0.39 is 0 Å². The molecular formula is C21H27N5O2. The summed E-state index contributed by atoms with van der Waals surface area (Å²) in [6.45, 7) is 10.5. The quantitative estimate of drug-likeness (QED) is 0.641. The van der Waals surface area contributed by atoms with Crippen LogP contribution in [0.3, 0.4) is 0 Å². The lowest BCUT2D eigenvalue weighted by Gasteiger charge is -2.12. The molecule has 0 aliphatic rings. The average molecular weight is 381 g/mol. The van der Waals surface area contributed by atoms with Crippen LogP contribution in [0.1, 0.15) is 44.1 Å². The van der Waals surface area contributed by atoms with Crippen LogP contribution in [0.15, 0.2) is 23.0 Å². The number of nitrogens with one attached hydrogen (secondary N) is 2. The van der Waals surface area contributed by atoms with Gasteiger partial charge in [0, 0.05) is 16.6 Å². The monoisotopic (exact) mass is 381 g/mol. The highest BCUT2D eigenvalue weighted by Gasteiger charge is 2.12. The maximum atomic E-state index is 12.5. The number of nitrogens with zero attached hydrogens (tertiary/aromatic N) is 3. The largest absolute Gasteiger partial charge is 0.492 e. The molecule has 0 saturated carbocycles. The van der Waals surface area contributed by atoms with Gasteiger partial charge in [0.2, 0.25) is 11.9 Å². The first-order valence-electron chi connectivity index (χ1n) is 9.66. The van der Waals surface area contributed by atoms with E-state index in [-0.39, 0.29) is 5.56 Å². The minimum absolute atomic E-state index is 0.122. The maximum absolute atomic E-state index is 12.5. The number of H-pyrrole nitrogens is 1. The second kappa shape index (κ2) is 8.37. The summed E-state index contributed by atoms with van der Waals surface area (Å²) in [6, 6.07) is 5.77. The van der Waals surface area contributed by atoms with Crippen LogP contribution in [-0.2, 0) is 6.42 Å². The zero-order valence-corrected chi connectivity index (χ0v) is 17.1. The highest BCUT2D eigenvalue weighted by Crippen LogP contribution is 2.27. The molecule has 2 N–H and O–H groups in total. The molecule has 0 fully saturated rings. The van der Waals surface area contributed by atoms with Gasteiger partial charge in [-0.25, -0.2) is 15.0 Å². The predicted molar refractivity (Wildman–Crippen MR) is 111 cm³/mol. The Morgan fingerprint density at radius 1 is 1.14 bits per heavy atom. The molecule has 0 amide bonds. The third-order valence-corrected chi connectivity index (χ3v) is 4.60. The summed E-state index contributed by atoms with van der Waals surface area (Å²) >= 11 is 0. The molecule has 0 saturated heterocycles. The van der Waals surface area contributed by atoms with Crippen LogP contribution >= 0.6 is 0 Å². The van der Waals surface area contributed by atoms with Gasteiger partial charge >= 0.3 is 0 Å². The predicted octanol–water partition coefficient (Wildman–Crippen LogP) is 4.06. The SMILES string of the molecule is CCOc1cccc2c(C)nc(Nc3nc(C)c(CCC(C)C)c(=O)[nH]3)nc12. The van der Waals surface area contributed by atoms with Crippen molar-refractivity contribution in [3.63, 3.8) is 0 Å². The van der Waals surface area contributed by atoms with Crippen LogP contribution in [0.4, 0.5) is 11.9 Å². The normalized spacial score (nSPS) is 11.2. The van der Waals surface area contributed by atoms with E-state index in [9.17, 15) is 4.79 Å². The number of hydrogen-bond acceptors (Lipinski definition) is 6. The molecule has 7 heteroatoms. The second-order valence-corrected chi connectivity index (χ2v) is 7.25. The Hall–Kier alpha value is -2.96. The summed E-state index contributed by atoms with van der Waals surface area (Å²) in [6.07, 6.45) is 1.67. The van der Waals surface area contributed by atoms with Gasteiger partial charge in [-0.3, -0.25) is 15.1 Å². The summed E-state index contributed by atoms with van der Waals surface area (Å²) in [5.74, 6) is 1.94. The van der Waals surface area contributed by atoms with Crippen molar-refractivity contribution in [2.45, 2.75) is 47.5 Å². The van der Waals surface area contributed by atoms with Gasteiger partial charge in [0.1, 0.15) is 11.3 Å². The van der Waals surface area contributed by atoms with E-state index in [1.807, 2.05) is 39.0 Å². The molecular weight excluding hydrogens is 354 g/mol. The van der Waals surface area contributed by atoms with Gasteiger partial charge in [0.25, 0.3) is 5.56 Å². The van der Waals surface area contributed by atoms with E-state index in [4.69, 9.17) is 4.74 Å². The number of hydrogen-bond donors (Lipinski definition) is 2. The van der Waals surface area contributed by atoms with Gasteiger partial charge in [0.15, 0.2) is 0 Å². The van der Waals surface area contributed by atoms with E-state index in [0.717, 1.165) is 40.7 Å². The van der Waals surface area contributed by atoms with Crippen LogP contribution in [0.2, 0.25) is 0 Å². The Bertz CT molecular complexity index is 1040. The van der Waals surface area contributed by atoms with E-state index >= 15 is 0 Å². The Morgan fingerprint density at radius 2 is 1.93 bits per heavy atom. The van der Waals surface area contributed by atoms with Gasteiger partial charge in [0.05, 0.1) is 12.3 Å². The lowest BCUT2D eigenvalue weighted by Crippen LogP contribution is -2.19. The fourth-order valence-corrected chi connectivity index (χ4v) is 3.11. The number of para-hydroxylation sites is 1. The molecule has 0 radical (unpaired) electrons. The molecule has 0 aliphatic heterocycles. The van der Waals surface area contributed by atoms with Crippen molar-refractivity contribution in [1.29, 1.82) is 0 Å². The summed E-state index contributed by atoms with van der Waals surface area (Å²) < 4.78 is 5.69. The van der Waals surface area contributed by atoms with E-state index in [1.54, 1.807) is 0 Å². The van der Waals surface area contributed by atoms with Crippen molar-refractivity contribution >= 4 is 22.8 Å². The highest BCUT2D eigenvalue weighted by atomic mass is 16.5. The minimum atomic E-state index is -0.122. The number of aromatic nitrogens is 4. The molecule has 0 bridgehead atoms. The smallest absolute Gasteiger partial charge is 0.255 e. The molecule has 0 spiro atoms. The molecule has 0 aliphatic carbocycles. The van der Waals surface area contributed by atoms with Gasteiger partial charge in [-0.1, -0.05) is 26.0 Å². The first-order chi connectivity index (χ1) is 13.4. The molecule has 7 nitrogen and oxygen atoms in total. The van der Waals surface area contributed by atoms with Crippen LogP contribution in [-0.4, -0.2) is 26.5 Å². The molecule has 0 atom stereocenters. The Balaban J connectivity index is 1.94. The average Bonchev–Trinajstić information content (AvgIpc) is 2.62. The molecule has 28 heavy (non-hydrogen) atoms. The summed E-state index contributed by atoms with van der Waals surface area (Å²) in [5, 5.41) is 3.96. The van der Waals surface area contributed by atoms with Crippen LogP contribution in [0, 0.1) is 19.8 Å². The van der Waals surface area contributed by atoms with Crippen molar-refractivity contribution < 1.29 is 4.74 Å². The number of benzene rings is 1. The lowest BCUT2D eigenvalue weighted by molar-refractivity contribution is 0.343. The van der Waals surface area contributed by atoms with Crippen LogP contribution in [0.5, 0.6) is 5.75 Å². The zero-order valence-electron chi connectivity index (χ0n) is 17.1. The molecule has 2 heterocycles. The first kappa shape index (κ1) is 19.8. The standard InChI is InChI=1S/C21H27N5O2/c1-6-28-17-9-7-8-15-13(4)22-20(24-18(15)17)26-21-23-14(5)16(19(27)25-21)11-10-12(2)3/h7-9,12H,6,10-11H2,1-5H3,(H2,22,23,24,25,26,27). The summed E-state index contributed by atoms with van der Waals surface area (Å²) in [4.78, 5) is 28.9. The third-order valence-electron chi connectivity index (χ3n) is 4.60. The number of fused-ring (bicyclic) bond motifs is 1. The van der Waals surface area contributed by atoms with E-state index in [0.29, 0.717) is 30.2 Å². The van der Waals surface area contributed by atoms with Crippen LogP contribution in [0.25, 0.3) is 10.9 Å². The van der Waals surface area contributed by atoms with E-state index in [1.165, 1.54) is 0 Å². The van der Waals surface area contributed by atoms with Crippen molar-refractivity contribution in [2.75, 3.05) is 11.9 Å². The van der Waals surface area contributed by atoms with Crippen LogP contribution < -0.4 is 15.6 Å². The number of aromatic amines is 1. The molecule has 148 valence electrons. The number of ether oxygens (including phenoxy) is 1. The van der Waals surface area contributed by atoms with Gasteiger partial charge in [-0.2, -0.15) is 0 Å². The fourth-order valence-electron chi connectivity index (χ4n) is 3.11. The van der Waals surface area contributed by atoms with Crippen molar-refractivity contribution in [1.82, 2.24) is 19.9 Å². The van der Waals surface area contributed by atoms with Crippen molar-refractivity contribution in [2.24, 2.45) is 5.92 Å². The van der Waals surface area contributed by atoms with Crippen molar-refractivity contribution in [3.8, 4) is 5.75 Å². The summed E-state index contributed by atoms with van der Waals surface area (Å²) in [5.41, 5.74) is 2.88. The maximum Gasteiger partial charge on any atom is 0.255 e. The van der Waals surface area contributed by atoms with Gasteiger partial charge < -0.3 is 4.74 Å². The molecule has 3 aromatic rings. The molecule has 1 aromatic carbocycles. The van der Waals surface area contributed by atoms with E-state index in [2.05, 4.69) is 39.1 Å². The van der Waals surface area contributed by atoms with Gasteiger partial charge in [-0.15, -0.1) is 0 Å². The Kier molecular flexibility index (Phi) is 5.92. The molecule has 2 aromatic heterocycles. The van der Waals surface area contributed by atoms with Crippen molar-refractivity contribution in [3.05, 3.63) is 45.5 Å². The minimum Gasteiger partial charge on any atom is -0.492 e. The Labute approximate surface area is 164 Å². The number of aryl methyl sites for hydroxylation is 2. The Morgan fingerprint density at radius 3 is 2.61 bits per heavy atom. The highest BCUT2D eigenvalue weighted by molar-refractivity contribution is 5.87. The lowest BCUT2D eigenvalue weighted by atomic mass is 10.0. The fraction of sp³-hybridized carbons (Fsp3) is 0.429. The summed E-state index contributed by atoms with van der Waals surface area (Å²) in [7, 11) is 0. The number of rotatable bonds is 7. The zero-order chi connectivity index (χ0) is 20.3. The van der Waals surface area contributed by atoms with Gasteiger partial charge in [-0.05, 0) is 45.6 Å². The second-order valence-electron chi connectivity index (χ2n) is 7.25. The molecule has 0 unspecified atom stereocenters. The molecule has 3 rings (SSSR count). The topological polar surface area (TPSA) is 92.8 Å². The third kappa shape index (κ3) is 4.30.